The summed E-state index contributed by atoms with van der Waals surface area (Å²) in [5, 5.41) is 0. The van der Waals surface area contributed by atoms with Gasteiger partial charge in [-0.25, -0.2) is 9.97 Å². The van der Waals surface area contributed by atoms with Gasteiger partial charge in [0.2, 0.25) is 0 Å². The Hall–Kier alpha value is -3.61. The Labute approximate surface area is 168 Å². The van der Waals surface area contributed by atoms with Gasteiger partial charge in [-0.3, -0.25) is 4.79 Å². The molecule has 1 atom stereocenters. The van der Waals surface area contributed by atoms with E-state index in [-0.39, 0.29) is 11.9 Å². The number of aromatic amines is 1. The molecule has 0 unspecified atom stereocenters. The highest BCUT2D eigenvalue weighted by atomic mass is 16.5. The lowest BCUT2D eigenvalue weighted by atomic mass is 9.94. The molecular weight excluding hydrogens is 366 g/mol. The highest BCUT2D eigenvalue weighted by Crippen LogP contribution is 2.35. The van der Waals surface area contributed by atoms with Crippen molar-refractivity contribution in [3.63, 3.8) is 0 Å². The van der Waals surface area contributed by atoms with Crippen molar-refractivity contribution < 1.29 is 9.53 Å². The quantitative estimate of drug-likeness (QED) is 0.586. The first-order chi connectivity index (χ1) is 14.2. The summed E-state index contributed by atoms with van der Waals surface area (Å²) in [6, 6.07) is 13.3. The van der Waals surface area contributed by atoms with E-state index in [1.165, 1.54) is 0 Å². The molecule has 5 rings (SSSR count). The predicted molar refractivity (Wildman–Crippen MR) is 109 cm³/mol. The van der Waals surface area contributed by atoms with Gasteiger partial charge in [-0.2, -0.15) is 0 Å². The number of imidazole rings is 2. The van der Waals surface area contributed by atoms with Crippen molar-refractivity contribution in [2.45, 2.75) is 12.5 Å². The number of ether oxygens (including phenoxy) is 1. The van der Waals surface area contributed by atoms with Crippen LogP contribution in [-0.4, -0.2) is 44.0 Å². The zero-order chi connectivity index (χ0) is 20.0. The first kappa shape index (κ1) is 17.5. The second-order valence-corrected chi connectivity index (χ2v) is 7.25. The molecule has 7 heteroatoms. The van der Waals surface area contributed by atoms with Gasteiger partial charge in [0.25, 0.3) is 5.91 Å². The molecule has 146 valence electrons. The van der Waals surface area contributed by atoms with E-state index < -0.39 is 0 Å². The van der Waals surface area contributed by atoms with Crippen molar-refractivity contribution >= 4 is 16.9 Å². The van der Waals surface area contributed by atoms with E-state index in [1.54, 1.807) is 19.8 Å². The van der Waals surface area contributed by atoms with Crippen molar-refractivity contribution in [2.24, 2.45) is 7.05 Å². The van der Waals surface area contributed by atoms with Gasteiger partial charge in [-0.1, -0.05) is 12.1 Å². The largest absolute Gasteiger partial charge is 0.497 e. The monoisotopic (exact) mass is 387 g/mol. The fourth-order valence-electron chi connectivity index (χ4n) is 4.05. The number of H-pyrrole nitrogens is 1. The molecule has 0 saturated heterocycles. The van der Waals surface area contributed by atoms with Crippen LogP contribution in [0.4, 0.5) is 0 Å². The molecule has 0 spiro atoms. The molecule has 0 fully saturated rings. The number of methoxy groups -OCH3 is 1. The number of nitrogens with one attached hydrogen (secondary N) is 1. The Balaban J connectivity index is 1.56. The Kier molecular flexibility index (Phi) is 4.08. The van der Waals surface area contributed by atoms with Crippen LogP contribution in [0.15, 0.2) is 55.1 Å². The molecule has 1 N–H and O–H groups in total. The van der Waals surface area contributed by atoms with E-state index in [0.29, 0.717) is 12.1 Å². The second kappa shape index (κ2) is 6.77. The van der Waals surface area contributed by atoms with Gasteiger partial charge in [-0.15, -0.1) is 0 Å². The number of rotatable bonds is 3. The van der Waals surface area contributed by atoms with Crippen LogP contribution in [-0.2, 0) is 13.5 Å². The zero-order valence-electron chi connectivity index (χ0n) is 16.3. The Morgan fingerprint density at radius 3 is 2.79 bits per heavy atom. The van der Waals surface area contributed by atoms with Crippen LogP contribution in [0.2, 0.25) is 0 Å². The average molecular weight is 387 g/mol. The molecule has 0 radical (unpaired) electrons. The number of fused-ring (bicyclic) bond motifs is 2. The van der Waals surface area contributed by atoms with Crippen molar-refractivity contribution in [3.05, 3.63) is 77.6 Å². The van der Waals surface area contributed by atoms with E-state index in [1.807, 2.05) is 59.0 Å². The molecule has 4 aromatic rings. The van der Waals surface area contributed by atoms with Crippen molar-refractivity contribution in [3.8, 4) is 5.75 Å². The lowest BCUT2D eigenvalue weighted by molar-refractivity contribution is 0.0690. The molecule has 7 nitrogen and oxygen atoms in total. The summed E-state index contributed by atoms with van der Waals surface area (Å²) >= 11 is 0. The van der Waals surface area contributed by atoms with E-state index >= 15 is 0 Å². The molecule has 1 amide bonds. The molecule has 0 aliphatic carbocycles. The molecule has 0 bridgehead atoms. The Bertz CT molecular complexity index is 1190. The van der Waals surface area contributed by atoms with E-state index in [4.69, 9.17) is 4.74 Å². The standard InChI is InChI=1S/C22H21N5O2/c1-26-13-25-18-11-15(5-8-19(18)26)22(28)27-10-9-17-20(24-12-23-17)21(27)14-3-6-16(29-2)7-4-14/h3-8,11-13,21H,9-10H2,1-2H3,(H,23,24)/t21-/m0/s1. The maximum Gasteiger partial charge on any atom is 0.254 e. The third-order valence-corrected chi connectivity index (χ3v) is 5.59. The lowest BCUT2D eigenvalue weighted by Crippen LogP contribution is -2.40. The summed E-state index contributed by atoms with van der Waals surface area (Å²) < 4.78 is 7.23. The number of hydrogen-bond acceptors (Lipinski definition) is 4. The molecule has 0 saturated carbocycles. The summed E-state index contributed by atoms with van der Waals surface area (Å²) in [6.45, 7) is 0.616. The van der Waals surface area contributed by atoms with Gasteiger partial charge in [0.05, 0.1) is 36.5 Å². The van der Waals surface area contributed by atoms with Crippen LogP contribution in [0, 0.1) is 0 Å². The highest BCUT2D eigenvalue weighted by molar-refractivity contribution is 5.98. The van der Waals surface area contributed by atoms with Crippen LogP contribution in [0.1, 0.15) is 33.4 Å². The summed E-state index contributed by atoms with van der Waals surface area (Å²) in [6.07, 6.45) is 4.21. The molecule has 1 aliphatic rings. The summed E-state index contributed by atoms with van der Waals surface area (Å²) in [5.74, 6) is 0.761. The van der Waals surface area contributed by atoms with Crippen molar-refractivity contribution in [1.29, 1.82) is 0 Å². The third kappa shape index (κ3) is 2.86. The number of carbonyl (C=O) groups excluding carboxylic acids is 1. The maximum absolute atomic E-state index is 13.5. The van der Waals surface area contributed by atoms with Crippen LogP contribution >= 0.6 is 0 Å². The van der Waals surface area contributed by atoms with Crippen molar-refractivity contribution in [1.82, 2.24) is 24.4 Å². The van der Waals surface area contributed by atoms with Gasteiger partial charge in [0, 0.05) is 31.3 Å². The SMILES string of the molecule is COc1ccc([C@H]2c3nc[nH]c3CCN2C(=O)c2ccc3c(c2)ncn3C)cc1. The lowest BCUT2D eigenvalue weighted by Gasteiger charge is -2.35. The predicted octanol–water partition coefficient (Wildman–Crippen LogP) is 3.09. The van der Waals surface area contributed by atoms with Gasteiger partial charge in [-0.05, 0) is 35.9 Å². The van der Waals surface area contributed by atoms with E-state index in [0.717, 1.165) is 40.2 Å². The number of hydrogen-bond donors (Lipinski definition) is 1. The molecule has 2 aromatic carbocycles. The fourth-order valence-corrected chi connectivity index (χ4v) is 4.05. The normalized spacial score (nSPS) is 16.1. The molecule has 2 aromatic heterocycles. The minimum absolute atomic E-state index is 0.0213. The van der Waals surface area contributed by atoms with Crippen LogP contribution in [0.3, 0.4) is 0 Å². The first-order valence-electron chi connectivity index (χ1n) is 9.54. The first-order valence-corrected chi connectivity index (χ1v) is 9.54. The topological polar surface area (TPSA) is 76.0 Å². The number of amides is 1. The zero-order valence-corrected chi connectivity index (χ0v) is 16.3. The van der Waals surface area contributed by atoms with Crippen LogP contribution < -0.4 is 4.74 Å². The second-order valence-electron chi connectivity index (χ2n) is 7.25. The molecule has 3 heterocycles. The minimum atomic E-state index is -0.247. The number of benzene rings is 2. The molecule has 29 heavy (non-hydrogen) atoms. The minimum Gasteiger partial charge on any atom is -0.497 e. The van der Waals surface area contributed by atoms with Gasteiger partial charge in [0.15, 0.2) is 0 Å². The number of aromatic nitrogens is 4. The smallest absolute Gasteiger partial charge is 0.254 e. The van der Waals surface area contributed by atoms with Crippen LogP contribution in [0.25, 0.3) is 11.0 Å². The molecule has 1 aliphatic heterocycles. The van der Waals surface area contributed by atoms with Gasteiger partial charge in [0.1, 0.15) is 11.8 Å². The number of nitrogens with zero attached hydrogens (tertiary/aromatic N) is 4. The summed E-state index contributed by atoms with van der Waals surface area (Å²) in [7, 11) is 3.59. The van der Waals surface area contributed by atoms with E-state index in [9.17, 15) is 4.79 Å². The van der Waals surface area contributed by atoms with Crippen molar-refractivity contribution in [2.75, 3.05) is 13.7 Å². The highest BCUT2D eigenvalue weighted by Gasteiger charge is 2.34. The third-order valence-electron chi connectivity index (χ3n) is 5.59. The Morgan fingerprint density at radius 2 is 2.00 bits per heavy atom. The van der Waals surface area contributed by atoms with E-state index in [2.05, 4.69) is 15.0 Å². The molecular formula is C22H21N5O2. The van der Waals surface area contributed by atoms with Gasteiger partial charge >= 0.3 is 0 Å². The fraction of sp³-hybridized carbons (Fsp3) is 0.227. The summed E-state index contributed by atoms with van der Waals surface area (Å²) in [5.41, 5.74) is 5.43. The number of carbonyl (C=O) groups is 1. The van der Waals surface area contributed by atoms with Gasteiger partial charge < -0.3 is 19.2 Å². The average Bonchev–Trinajstić information content (AvgIpc) is 3.39. The van der Waals surface area contributed by atoms with Crippen LogP contribution in [0.5, 0.6) is 5.75 Å². The maximum atomic E-state index is 13.5. The summed E-state index contributed by atoms with van der Waals surface area (Å²) in [4.78, 5) is 27.6. The number of aryl methyl sites for hydroxylation is 1. The Morgan fingerprint density at radius 1 is 1.17 bits per heavy atom.